The standard InChI is InChI=1S/C16H16N4O/c1-10(12-4-2-11(9-17)3-5-12)20-16(21)13-6-14(18)8-15(19)7-13/h2-8,10H,18-19H2,1H3,(H,20,21). The van der Waals surface area contributed by atoms with Gasteiger partial charge in [0.1, 0.15) is 0 Å². The quantitative estimate of drug-likeness (QED) is 0.749. The van der Waals surface area contributed by atoms with Crippen molar-refractivity contribution in [2.24, 2.45) is 0 Å². The lowest BCUT2D eigenvalue weighted by Gasteiger charge is -2.15. The van der Waals surface area contributed by atoms with Crippen LogP contribution >= 0.6 is 0 Å². The molecule has 0 aliphatic heterocycles. The van der Waals surface area contributed by atoms with Crippen LogP contribution in [0.3, 0.4) is 0 Å². The number of hydrogen-bond acceptors (Lipinski definition) is 4. The Bertz CT molecular complexity index is 681. The van der Waals surface area contributed by atoms with Crippen LogP contribution in [0.25, 0.3) is 0 Å². The summed E-state index contributed by atoms with van der Waals surface area (Å²) in [5.74, 6) is -0.245. The molecule has 1 amide bonds. The zero-order chi connectivity index (χ0) is 15.4. The first kappa shape index (κ1) is 14.4. The van der Waals surface area contributed by atoms with Gasteiger partial charge in [0.05, 0.1) is 17.7 Å². The lowest BCUT2D eigenvalue weighted by molar-refractivity contribution is 0.0940. The molecule has 1 atom stereocenters. The third kappa shape index (κ3) is 3.51. The van der Waals surface area contributed by atoms with Crippen LogP contribution in [0.1, 0.15) is 34.5 Å². The number of nitrogens with zero attached hydrogens (tertiary/aromatic N) is 1. The summed E-state index contributed by atoms with van der Waals surface area (Å²) in [6, 6.07) is 13.7. The van der Waals surface area contributed by atoms with Crippen LogP contribution in [0.15, 0.2) is 42.5 Å². The molecule has 21 heavy (non-hydrogen) atoms. The van der Waals surface area contributed by atoms with E-state index in [-0.39, 0.29) is 11.9 Å². The number of nitriles is 1. The molecule has 2 aromatic carbocycles. The number of nitrogens with two attached hydrogens (primary N) is 2. The molecule has 2 rings (SSSR count). The van der Waals surface area contributed by atoms with Crippen molar-refractivity contribution in [3.05, 3.63) is 59.2 Å². The van der Waals surface area contributed by atoms with Gasteiger partial charge in [0.25, 0.3) is 5.91 Å². The van der Waals surface area contributed by atoms with Crippen molar-refractivity contribution in [3.63, 3.8) is 0 Å². The summed E-state index contributed by atoms with van der Waals surface area (Å²) < 4.78 is 0. The number of benzene rings is 2. The Labute approximate surface area is 123 Å². The number of carbonyl (C=O) groups is 1. The number of amides is 1. The van der Waals surface area contributed by atoms with E-state index in [1.807, 2.05) is 19.1 Å². The van der Waals surface area contributed by atoms with Gasteiger partial charge in [-0.25, -0.2) is 0 Å². The monoisotopic (exact) mass is 280 g/mol. The first-order valence-corrected chi connectivity index (χ1v) is 6.46. The third-order valence-corrected chi connectivity index (χ3v) is 3.13. The Kier molecular flexibility index (Phi) is 4.10. The molecule has 1 unspecified atom stereocenters. The van der Waals surface area contributed by atoms with Crippen molar-refractivity contribution in [1.29, 1.82) is 5.26 Å². The summed E-state index contributed by atoms with van der Waals surface area (Å²) in [5, 5.41) is 11.6. The fraction of sp³-hybridized carbons (Fsp3) is 0.125. The molecule has 0 radical (unpaired) electrons. The summed E-state index contributed by atoms with van der Waals surface area (Å²) in [4.78, 5) is 12.2. The predicted octanol–water partition coefficient (Wildman–Crippen LogP) is 2.21. The van der Waals surface area contributed by atoms with E-state index in [4.69, 9.17) is 16.7 Å². The second kappa shape index (κ2) is 5.97. The van der Waals surface area contributed by atoms with E-state index < -0.39 is 0 Å². The van der Waals surface area contributed by atoms with Crippen LogP contribution < -0.4 is 16.8 Å². The molecule has 0 aromatic heterocycles. The van der Waals surface area contributed by atoms with Crippen LogP contribution in [0, 0.1) is 11.3 Å². The van der Waals surface area contributed by atoms with Gasteiger partial charge in [0.15, 0.2) is 0 Å². The molecular formula is C16H16N4O. The highest BCUT2D eigenvalue weighted by Crippen LogP contribution is 2.17. The van der Waals surface area contributed by atoms with E-state index in [2.05, 4.69) is 11.4 Å². The number of anilines is 2. The second-order valence-corrected chi connectivity index (χ2v) is 4.82. The molecule has 0 spiro atoms. The van der Waals surface area contributed by atoms with Gasteiger partial charge in [0.2, 0.25) is 0 Å². The van der Waals surface area contributed by atoms with Crippen LogP contribution in [-0.2, 0) is 0 Å². The molecule has 5 nitrogen and oxygen atoms in total. The highest BCUT2D eigenvalue weighted by atomic mass is 16.1. The smallest absolute Gasteiger partial charge is 0.251 e. The largest absolute Gasteiger partial charge is 0.399 e. The van der Waals surface area contributed by atoms with Crippen molar-refractivity contribution in [2.45, 2.75) is 13.0 Å². The molecule has 5 N–H and O–H groups in total. The summed E-state index contributed by atoms with van der Waals surface area (Å²) in [6.07, 6.45) is 0. The van der Waals surface area contributed by atoms with Crippen molar-refractivity contribution in [1.82, 2.24) is 5.32 Å². The van der Waals surface area contributed by atoms with Gasteiger partial charge >= 0.3 is 0 Å². The Morgan fingerprint density at radius 1 is 1.14 bits per heavy atom. The zero-order valence-electron chi connectivity index (χ0n) is 11.6. The van der Waals surface area contributed by atoms with Crippen molar-refractivity contribution in [3.8, 4) is 6.07 Å². The number of carbonyl (C=O) groups excluding carboxylic acids is 1. The first-order chi connectivity index (χ1) is 9.99. The van der Waals surface area contributed by atoms with Gasteiger partial charge in [-0.05, 0) is 42.8 Å². The van der Waals surface area contributed by atoms with Gasteiger partial charge < -0.3 is 16.8 Å². The Morgan fingerprint density at radius 3 is 2.24 bits per heavy atom. The Morgan fingerprint density at radius 2 is 1.71 bits per heavy atom. The van der Waals surface area contributed by atoms with Crippen LogP contribution in [-0.4, -0.2) is 5.91 Å². The highest BCUT2D eigenvalue weighted by Gasteiger charge is 2.12. The summed E-state index contributed by atoms with van der Waals surface area (Å²) in [7, 11) is 0. The molecule has 0 bridgehead atoms. The molecule has 0 aliphatic carbocycles. The van der Waals surface area contributed by atoms with Gasteiger partial charge in [-0.1, -0.05) is 12.1 Å². The molecule has 0 aliphatic rings. The minimum Gasteiger partial charge on any atom is -0.399 e. The van der Waals surface area contributed by atoms with Gasteiger partial charge in [-0.15, -0.1) is 0 Å². The maximum atomic E-state index is 12.2. The lowest BCUT2D eigenvalue weighted by atomic mass is 10.1. The number of hydrogen-bond donors (Lipinski definition) is 3. The second-order valence-electron chi connectivity index (χ2n) is 4.82. The minimum atomic E-state index is -0.245. The average molecular weight is 280 g/mol. The van der Waals surface area contributed by atoms with Gasteiger partial charge in [-0.3, -0.25) is 4.79 Å². The zero-order valence-corrected chi connectivity index (χ0v) is 11.6. The van der Waals surface area contributed by atoms with Crippen molar-refractivity contribution < 1.29 is 4.79 Å². The van der Waals surface area contributed by atoms with Crippen LogP contribution in [0.5, 0.6) is 0 Å². The van der Waals surface area contributed by atoms with Crippen LogP contribution in [0.4, 0.5) is 11.4 Å². The normalized spacial score (nSPS) is 11.4. The molecule has 2 aromatic rings. The van der Waals surface area contributed by atoms with Crippen molar-refractivity contribution >= 4 is 17.3 Å². The molecule has 0 saturated carbocycles. The van der Waals surface area contributed by atoms with E-state index in [1.165, 1.54) is 0 Å². The predicted molar refractivity (Wildman–Crippen MR) is 82.3 cm³/mol. The topological polar surface area (TPSA) is 105 Å². The minimum absolute atomic E-state index is 0.187. The number of nitrogens with one attached hydrogen (secondary N) is 1. The van der Waals surface area contributed by atoms with E-state index in [0.29, 0.717) is 22.5 Å². The van der Waals surface area contributed by atoms with Gasteiger partial charge in [-0.2, -0.15) is 5.26 Å². The van der Waals surface area contributed by atoms with E-state index in [9.17, 15) is 4.79 Å². The lowest BCUT2D eigenvalue weighted by Crippen LogP contribution is -2.26. The van der Waals surface area contributed by atoms with E-state index in [0.717, 1.165) is 5.56 Å². The van der Waals surface area contributed by atoms with E-state index >= 15 is 0 Å². The number of rotatable bonds is 3. The molecular weight excluding hydrogens is 264 g/mol. The molecule has 5 heteroatoms. The fourth-order valence-electron chi connectivity index (χ4n) is 2.02. The Balaban J connectivity index is 2.12. The molecule has 0 saturated heterocycles. The third-order valence-electron chi connectivity index (χ3n) is 3.13. The van der Waals surface area contributed by atoms with Crippen molar-refractivity contribution in [2.75, 3.05) is 11.5 Å². The Hall–Kier alpha value is -3.00. The summed E-state index contributed by atoms with van der Waals surface area (Å²) >= 11 is 0. The average Bonchev–Trinajstić information content (AvgIpc) is 2.46. The van der Waals surface area contributed by atoms with Gasteiger partial charge in [0, 0.05) is 16.9 Å². The molecule has 0 fully saturated rings. The molecule has 106 valence electrons. The fourth-order valence-corrected chi connectivity index (χ4v) is 2.02. The maximum absolute atomic E-state index is 12.2. The summed E-state index contributed by atoms with van der Waals surface area (Å²) in [5.41, 5.74) is 14.2. The SMILES string of the molecule is CC(NC(=O)c1cc(N)cc(N)c1)c1ccc(C#N)cc1. The molecule has 0 heterocycles. The number of nitrogen functional groups attached to an aromatic ring is 2. The van der Waals surface area contributed by atoms with Crippen LogP contribution in [0.2, 0.25) is 0 Å². The van der Waals surface area contributed by atoms with E-state index in [1.54, 1.807) is 30.3 Å². The highest BCUT2D eigenvalue weighted by molar-refractivity contribution is 5.96. The maximum Gasteiger partial charge on any atom is 0.251 e. The summed E-state index contributed by atoms with van der Waals surface area (Å²) in [6.45, 7) is 1.87. The first-order valence-electron chi connectivity index (χ1n) is 6.46.